The van der Waals surface area contributed by atoms with E-state index in [1.54, 1.807) is 0 Å². The van der Waals surface area contributed by atoms with Crippen molar-refractivity contribution >= 4 is 148 Å². The fraction of sp³-hybridized carbons (Fsp3) is 0.103. The van der Waals surface area contributed by atoms with Gasteiger partial charge in [0.25, 0.3) is 0 Å². The van der Waals surface area contributed by atoms with Crippen LogP contribution in [0.5, 0.6) is 11.5 Å². The van der Waals surface area contributed by atoms with Crippen LogP contribution in [0, 0.1) is 0 Å². The number of nitrogens with zero attached hydrogens (tertiary/aromatic N) is 7. The van der Waals surface area contributed by atoms with E-state index in [4.69, 9.17) is 20.7 Å². The van der Waals surface area contributed by atoms with Gasteiger partial charge in [0.15, 0.2) is 19.7 Å². The fourth-order valence-corrected chi connectivity index (χ4v) is 12.5. The number of fused-ring (bicyclic) bond motifs is 2. The molecule has 4 N–H and O–H groups in total. The van der Waals surface area contributed by atoms with Gasteiger partial charge in [0.1, 0.15) is 40.5 Å². The van der Waals surface area contributed by atoms with Crippen LogP contribution in [0.25, 0.3) is 21.5 Å². The Labute approximate surface area is 641 Å². The Morgan fingerprint density at radius 1 is 0.461 bits per heavy atom. The Hall–Kier alpha value is -1.18. The van der Waals surface area contributed by atoms with Gasteiger partial charge in [-0.05, 0) is 107 Å². The molecule has 0 aliphatic rings. The zero-order valence-electron chi connectivity index (χ0n) is 45.9. The van der Waals surface area contributed by atoms with E-state index in [2.05, 4.69) is 53.8 Å². The van der Waals surface area contributed by atoms with Gasteiger partial charge in [-0.2, -0.15) is 32.0 Å². The molecule has 444 valence electrons. The molecule has 0 bridgehead atoms. The van der Waals surface area contributed by atoms with Gasteiger partial charge in [0, 0.05) is 10.8 Å². The number of aromatic nitrogens is 3. The molecule has 1 aromatic heterocycles. The molecule has 0 fully saturated rings. The summed E-state index contributed by atoms with van der Waals surface area (Å²) in [4.78, 5) is 10.3. The molecule has 6 aromatic carbocycles. The Morgan fingerprint density at radius 3 is 1.13 bits per heavy atom. The first-order valence-corrected chi connectivity index (χ1v) is 33.3. The number of H-pyrrole nitrogens is 2. The number of hydrogen-bond acceptors (Lipinski definition) is 31. The molecule has 0 saturated heterocycles. The van der Waals surface area contributed by atoms with E-state index >= 15 is 0 Å². The summed E-state index contributed by atoms with van der Waals surface area (Å²) in [6.45, 7) is -1.99. The number of azo groups is 2. The van der Waals surface area contributed by atoms with Crippen LogP contribution in [0.3, 0.4) is 0 Å². The van der Waals surface area contributed by atoms with E-state index in [1.807, 2.05) is 0 Å². The van der Waals surface area contributed by atoms with E-state index < -0.39 is 207 Å². The average molecular weight is 1470 g/mol. The summed E-state index contributed by atoms with van der Waals surface area (Å²) in [5.74, 6) is -5.02. The van der Waals surface area contributed by atoms with Crippen molar-refractivity contribution in [1.29, 1.82) is 0 Å². The third-order valence-corrected chi connectivity index (χ3v) is 18.3. The summed E-state index contributed by atoms with van der Waals surface area (Å²) in [6.07, 6.45) is 0. The molecule has 1 heterocycles. The van der Waals surface area contributed by atoms with Gasteiger partial charge in [-0.1, -0.05) is 11.5 Å². The predicted molar refractivity (Wildman–Crippen MR) is 267 cm³/mol. The molecule has 50 heteroatoms. The second-order valence-corrected chi connectivity index (χ2v) is 28.3. The van der Waals surface area contributed by atoms with Crippen LogP contribution in [0.4, 0.5) is 34.1 Å². The van der Waals surface area contributed by atoms with Crippen molar-refractivity contribution in [2.45, 2.75) is 29.4 Å². The van der Waals surface area contributed by atoms with Crippen molar-refractivity contribution in [2.75, 3.05) is 24.7 Å². The zero-order valence-corrected chi connectivity index (χ0v) is 65.2. The Balaban J connectivity index is 0.00000660. The minimum absolute atomic E-state index is 0. The van der Waals surface area contributed by atoms with Gasteiger partial charge in [0.2, 0.25) is 16.5 Å². The summed E-state index contributed by atoms with van der Waals surface area (Å²) in [6, 6.07) is 10.1. The standard InChI is InChI=1S/C39H32ClN9O26S8.6Na/c40-37-43-38(41-27-17-25(78(56,57)58)13-19-15-29(80(62,63)64)33(35(50)31(19)27)48-46-21-1-5-23(6-2-21)76(52,53)11-9-74-82(68,69)70)45-39(44-37)42-28-18-26(79(59,60)61)14-20-16-30(81(65,66)67)34(36(51)32(20)28)49-47-22-3-7-24(8-4-22)77(54,55)12-10-75-83(71,72)73;;;;;;/h1-8,13-18,50-51H,9-12H2,(H,56,57,58)(H,59,60,61)(H,62,63,64)(H,65,66,67)(H,68,69,70)(H,71,72,73)(H2,41,42,43,44,45);;;;;;/q;6*+1/p-6. The minimum Gasteiger partial charge on any atom is -0.870 e. The second-order valence-electron chi connectivity index (χ2n) is 16.1. The van der Waals surface area contributed by atoms with Crippen molar-refractivity contribution in [3.63, 3.8) is 0 Å². The number of benzene rings is 6. The van der Waals surface area contributed by atoms with Crippen LogP contribution in [-0.2, 0) is 89.3 Å². The third kappa shape index (κ3) is 23.0. The van der Waals surface area contributed by atoms with Crippen molar-refractivity contribution < 1.29 is 291 Å². The predicted octanol–water partition coefficient (Wildman–Crippen LogP) is -17.0. The fourth-order valence-electron chi connectivity index (χ4n) is 7.00. The second kappa shape index (κ2) is 33.2. The van der Waals surface area contributed by atoms with Crippen LogP contribution in [0.2, 0.25) is 5.28 Å². The van der Waals surface area contributed by atoms with E-state index in [0.29, 0.717) is 36.4 Å². The molecule has 0 spiro atoms. The molecule has 0 unspecified atom stereocenters. The molecule has 7 rings (SSSR count). The molecule has 89 heavy (non-hydrogen) atoms. The first kappa shape index (κ1) is 85.8. The van der Waals surface area contributed by atoms with E-state index in [1.165, 1.54) is 0 Å². The van der Waals surface area contributed by atoms with Crippen LogP contribution in [0.15, 0.2) is 145 Å². The van der Waals surface area contributed by atoms with Gasteiger partial charge in [0.05, 0.1) is 88.2 Å². The minimum atomic E-state index is -5.77. The van der Waals surface area contributed by atoms with Gasteiger partial charge in [-0.3, -0.25) is 14.1 Å². The Morgan fingerprint density at radius 2 is 0.809 bits per heavy atom. The largest absolute Gasteiger partial charge is 1.00 e. The van der Waals surface area contributed by atoms with Crippen LogP contribution < -0.4 is 199 Å². The van der Waals surface area contributed by atoms with E-state index in [-0.39, 0.29) is 189 Å². The molecular weight excluding hydrogens is 1440 g/mol. The molecular formula is C39H26ClN9Na6O26S8. The number of aromatic amines is 2. The average Bonchev–Trinajstić information content (AvgIpc) is 0.797. The smallest absolute Gasteiger partial charge is 0.870 e. The maximum atomic E-state index is 14.2. The van der Waals surface area contributed by atoms with E-state index in [0.717, 1.165) is 48.5 Å². The molecule has 7 aromatic rings. The van der Waals surface area contributed by atoms with Crippen LogP contribution in [0.1, 0.15) is 0 Å². The number of sulfone groups is 2. The van der Waals surface area contributed by atoms with Crippen molar-refractivity contribution in [3.05, 3.63) is 101 Å². The summed E-state index contributed by atoms with van der Waals surface area (Å²) in [7, 11) is -41.3. The third-order valence-electron chi connectivity index (χ3n) is 10.5. The molecule has 0 saturated carbocycles. The first-order valence-electron chi connectivity index (χ1n) is 21.3. The summed E-state index contributed by atoms with van der Waals surface area (Å²) in [5, 5.41) is 39.0. The summed E-state index contributed by atoms with van der Waals surface area (Å²) in [5.41, 5.74) is -6.61. The van der Waals surface area contributed by atoms with Crippen LogP contribution in [-0.4, -0.2) is 134 Å². The van der Waals surface area contributed by atoms with Crippen molar-refractivity contribution in [1.82, 2.24) is 15.0 Å². The van der Waals surface area contributed by atoms with E-state index in [9.17, 15) is 95.8 Å². The number of hydrogen-bond donors (Lipinski definition) is 4. The maximum Gasteiger partial charge on any atom is 1.00 e. The van der Waals surface area contributed by atoms with Crippen LogP contribution >= 0.6 is 11.6 Å². The molecule has 0 aliphatic heterocycles. The Bertz CT molecular complexity index is 4740. The van der Waals surface area contributed by atoms with Gasteiger partial charge in [-0.25, -0.2) is 68.9 Å². The monoisotopic (exact) mass is 1460 g/mol. The number of halogens is 1. The molecule has 0 aliphatic carbocycles. The maximum absolute atomic E-state index is 14.2. The molecule has 0 radical (unpaired) electrons. The zero-order chi connectivity index (χ0) is 61.6. The topological polar surface area (TPSA) is 589 Å². The van der Waals surface area contributed by atoms with Gasteiger partial charge < -0.3 is 33.4 Å². The number of nitrogens with one attached hydrogen (secondary N) is 2. The van der Waals surface area contributed by atoms with Crippen molar-refractivity contribution in [2.24, 2.45) is 30.4 Å². The molecule has 35 nitrogen and oxygen atoms in total. The van der Waals surface area contributed by atoms with Gasteiger partial charge >= 0.3 is 198 Å². The normalized spacial score (nSPS) is 13.0. The molecule has 0 atom stereocenters. The van der Waals surface area contributed by atoms with Gasteiger partial charge in [-0.15, -0.1) is 10.2 Å². The first-order chi connectivity index (χ1) is 38.1. The number of rotatable bonds is 20. The van der Waals surface area contributed by atoms with Crippen molar-refractivity contribution in [3.8, 4) is 11.5 Å². The SMILES string of the molecule is O=S(=O)(O)OCCS(=O)(=O)c1ccc(N=Nc2c(S(=O)(=O)[O-])cc3cc(S(=O)(=O)[O-])cc(N=c4nc(Cl)[nH]c(=Nc5cc(S(=O)(=O)[O-])cc6cc(S(=O)(=O)[O-])c(N=Nc7ccc(S(=O)(=O)CCOS(=O)(=O)O)cc7)c([O-])c56)[nH]4)c3c2[O-])cc1.[Na+].[Na+].[Na+].[Na+].[Na+].[Na+]. The summed E-state index contributed by atoms with van der Waals surface area (Å²) < 4.78 is 269. The molecule has 0 amide bonds. The summed E-state index contributed by atoms with van der Waals surface area (Å²) >= 11 is 6.21. The quantitative estimate of drug-likeness (QED) is 0.0313. The Kier molecular flexibility index (Phi) is 32.0.